The molecule has 0 saturated carbocycles. The van der Waals surface area contributed by atoms with Crippen molar-refractivity contribution in [2.75, 3.05) is 13.8 Å². The van der Waals surface area contributed by atoms with E-state index < -0.39 is 23.5 Å². The van der Waals surface area contributed by atoms with E-state index in [1.807, 2.05) is 49.4 Å². The van der Waals surface area contributed by atoms with Crippen LogP contribution in [-0.2, 0) is 16.0 Å². The van der Waals surface area contributed by atoms with E-state index in [0.29, 0.717) is 24.3 Å². The summed E-state index contributed by atoms with van der Waals surface area (Å²) in [6.07, 6.45) is 0.734. The lowest BCUT2D eigenvalue weighted by molar-refractivity contribution is -0.160. The molecule has 0 N–H and O–H groups in total. The van der Waals surface area contributed by atoms with Gasteiger partial charge in [-0.1, -0.05) is 36.4 Å². The zero-order valence-corrected chi connectivity index (χ0v) is 17.4. The molecule has 5 rings (SSSR count). The molecule has 4 unspecified atom stereocenters. The first kappa shape index (κ1) is 19.4. The number of fused-ring (bicyclic) bond motifs is 2. The molecule has 158 valence electrons. The maximum absolute atomic E-state index is 13.8. The van der Waals surface area contributed by atoms with E-state index in [2.05, 4.69) is 6.07 Å². The van der Waals surface area contributed by atoms with Crippen molar-refractivity contribution in [3.8, 4) is 17.6 Å². The molecule has 31 heavy (non-hydrogen) atoms. The highest BCUT2D eigenvalue weighted by Crippen LogP contribution is 2.53. The number of hydrogen-bond acceptors (Lipinski definition) is 5. The van der Waals surface area contributed by atoms with Gasteiger partial charge < -0.3 is 19.3 Å². The molecule has 0 aliphatic carbocycles. The number of likely N-dealkylation sites (N-methyl/N-ethyl adjacent to an activating group) is 1. The lowest BCUT2D eigenvalue weighted by Crippen LogP contribution is -2.62. The smallest absolute Gasteiger partial charge is 0.246 e. The Morgan fingerprint density at radius 2 is 1.84 bits per heavy atom. The summed E-state index contributed by atoms with van der Waals surface area (Å²) >= 11 is 0. The van der Waals surface area contributed by atoms with Crippen LogP contribution >= 0.6 is 0 Å². The van der Waals surface area contributed by atoms with Crippen molar-refractivity contribution in [3.63, 3.8) is 0 Å². The molecule has 0 spiro atoms. The van der Waals surface area contributed by atoms with Crippen LogP contribution in [0.4, 0.5) is 0 Å². The topological polar surface area (TPSA) is 82.9 Å². The summed E-state index contributed by atoms with van der Waals surface area (Å²) in [7, 11) is 1.68. The fraction of sp³-hybridized carbons (Fsp3) is 0.375. The van der Waals surface area contributed by atoms with Gasteiger partial charge in [0.25, 0.3) is 0 Å². The van der Waals surface area contributed by atoms with Crippen LogP contribution in [0.2, 0.25) is 0 Å². The largest absolute Gasteiger partial charge is 0.454 e. The molecule has 2 aromatic rings. The van der Waals surface area contributed by atoms with E-state index in [1.54, 1.807) is 22.9 Å². The Bertz CT molecular complexity index is 1100. The SMILES string of the molecule is CN1C(=O)C2CC(C)(C#N)C(c3ccc4c(c3)OCO4)N2C(=O)C1Cc1ccccc1. The summed E-state index contributed by atoms with van der Waals surface area (Å²) < 4.78 is 10.9. The lowest BCUT2D eigenvalue weighted by atomic mass is 9.79. The van der Waals surface area contributed by atoms with Gasteiger partial charge in [-0.05, 0) is 36.6 Å². The van der Waals surface area contributed by atoms with Crippen molar-refractivity contribution < 1.29 is 19.1 Å². The number of hydrogen-bond donors (Lipinski definition) is 0. The van der Waals surface area contributed by atoms with E-state index in [0.717, 1.165) is 11.1 Å². The highest BCUT2D eigenvalue weighted by Gasteiger charge is 2.59. The molecule has 2 aromatic carbocycles. The van der Waals surface area contributed by atoms with Gasteiger partial charge in [-0.2, -0.15) is 5.26 Å². The lowest BCUT2D eigenvalue weighted by Gasteiger charge is -2.43. The van der Waals surface area contributed by atoms with Gasteiger partial charge in [0, 0.05) is 13.5 Å². The monoisotopic (exact) mass is 417 g/mol. The minimum atomic E-state index is -0.897. The molecule has 2 fully saturated rings. The van der Waals surface area contributed by atoms with Gasteiger partial charge in [0.1, 0.15) is 12.1 Å². The van der Waals surface area contributed by atoms with E-state index in [-0.39, 0.29) is 18.6 Å². The Morgan fingerprint density at radius 1 is 1.10 bits per heavy atom. The molecule has 0 bridgehead atoms. The second kappa shape index (κ2) is 7.02. The average molecular weight is 417 g/mol. The van der Waals surface area contributed by atoms with E-state index in [4.69, 9.17) is 9.47 Å². The van der Waals surface area contributed by atoms with Crippen LogP contribution in [-0.4, -0.2) is 47.5 Å². The van der Waals surface area contributed by atoms with E-state index >= 15 is 0 Å². The average Bonchev–Trinajstić information content (AvgIpc) is 3.38. The molecule has 0 radical (unpaired) electrons. The molecule has 3 aliphatic heterocycles. The number of piperazine rings is 1. The highest BCUT2D eigenvalue weighted by molar-refractivity contribution is 5.98. The van der Waals surface area contributed by atoms with Crippen LogP contribution in [0, 0.1) is 16.7 Å². The van der Waals surface area contributed by atoms with Crippen molar-refractivity contribution in [1.82, 2.24) is 9.80 Å². The van der Waals surface area contributed by atoms with Gasteiger partial charge in [-0.15, -0.1) is 0 Å². The Labute approximate surface area is 180 Å². The highest BCUT2D eigenvalue weighted by atomic mass is 16.7. The van der Waals surface area contributed by atoms with Crippen molar-refractivity contribution in [2.24, 2.45) is 5.41 Å². The summed E-state index contributed by atoms with van der Waals surface area (Å²) in [6, 6.07) is 15.8. The summed E-state index contributed by atoms with van der Waals surface area (Å²) in [4.78, 5) is 30.3. The quantitative estimate of drug-likeness (QED) is 0.767. The van der Waals surface area contributed by atoms with Crippen molar-refractivity contribution in [3.05, 3.63) is 59.7 Å². The molecule has 0 aromatic heterocycles. The van der Waals surface area contributed by atoms with Gasteiger partial charge in [-0.25, -0.2) is 0 Å². The molecule has 2 saturated heterocycles. The number of benzene rings is 2. The molecule has 4 atom stereocenters. The summed E-state index contributed by atoms with van der Waals surface area (Å²) in [5.41, 5.74) is 0.868. The summed E-state index contributed by atoms with van der Waals surface area (Å²) in [6.45, 7) is 1.97. The van der Waals surface area contributed by atoms with E-state index in [9.17, 15) is 14.9 Å². The zero-order chi connectivity index (χ0) is 21.8. The standard InChI is InChI=1S/C24H23N3O4/c1-24(13-25)12-18-22(28)26(2)17(10-15-6-4-3-5-7-15)23(29)27(18)21(24)16-8-9-19-20(11-16)31-14-30-19/h3-9,11,17-18,21H,10,12,14H2,1-2H3. The Hall–Kier alpha value is -3.53. The van der Waals surface area contributed by atoms with Gasteiger partial charge in [0.05, 0.1) is 17.5 Å². The minimum absolute atomic E-state index is 0.120. The number of rotatable bonds is 3. The Kier molecular flexibility index (Phi) is 4.40. The van der Waals surface area contributed by atoms with Crippen LogP contribution in [0.1, 0.15) is 30.5 Å². The molecule has 3 aliphatic rings. The predicted octanol–water partition coefficient (Wildman–Crippen LogP) is 2.67. The minimum Gasteiger partial charge on any atom is -0.454 e. The number of carbonyl (C=O) groups excluding carboxylic acids is 2. The normalized spacial score (nSPS) is 29.1. The molecular weight excluding hydrogens is 394 g/mol. The third-order valence-corrected chi connectivity index (χ3v) is 6.71. The van der Waals surface area contributed by atoms with Crippen LogP contribution in [0.5, 0.6) is 11.5 Å². The summed E-state index contributed by atoms with van der Waals surface area (Å²) in [5.74, 6) is 0.984. The number of nitrogens with zero attached hydrogens (tertiary/aromatic N) is 3. The molecule has 2 amide bonds. The van der Waals surface area contributed by atoms with Crippen molar-refractivity contribution >= 4 is 11.8 Å². The second-order valence-corrected chi connectivity index (χ2v) is 8.66. The van der Waals surface area contributed by atoms with Crippen LogP contribution in [0.15, 0.2) is 48.5 Å². The van der Waals surface area contributed by atoms with Crippen LogP contribution < -0.4 is 9.47 Å². The maximum atomic E-state index is 13.8. The van der Waals surface area contributed by atoms with Crippen LogP contribution in [0.25, 0.3) is 0 Å². The number of ether oxygens (including phenoxy) is 2. The predicted molar refractivity (Wildman–Crippen MR) is 111 cm³/mol. The Morgan fingerprint density at radius 3 is 2.58 bits per heavy atom. The number of carbonyl (C=O) groups is 2. The maximum Gasteiger partial charge on any atom is 0.246 e. The summed E-state index contributed by atoms with van der Waals surface area (Å²) in [5, 5.41) is 10.1. The molecule has 7 nitrogen and oxygen atoms in total. The van der Waals surface area contributed by atoms with Gasteiger partial charge >= 0.3 is 0 Å². The van der Waals surface area contributed by atoms with Crippen LogP contribution in [0.3, 0.4) is 0 Å². The van der Waals surface area contributed by atoms with Gasteiger partial charge in [-0.3, -0.25) is 9.59 Å². The van der Waals surface area contributed by atoms with Gasteiger partial charge in [0.2, 0.25) is 18.6 Å². The first-order valence-corrected chi connectivity index (χ1v) is 10.4. The third kappa shape index (κ3) is 2.94. The molecule has 3 heterocycles. The van der Waals surface area contributed by atoms with Crippen molar-refractivity contribution in [1.29, 1.82) is 5.26 Å². The van der Waals surface area contributed by atoms with Crippen molar-refractivity contribution in [2.45, 2.75) is 37.9 Å². The molecule has 7 heteroatoms. The Balaban J connectivity index is 1.56. The fourth-order valence-electron chi connectivity index (χ4n) is 5.09. The first-order valence-electron chi connectivity index (χ1n) is 10.4. The van der Waals surface area contributed by atoms with E-state index in [1.165, 1.54) is 0 Å². The third-order valence-electron chi connectivity index (χ3n) is 6.71. The second-order valence-electron chi connectivity index (χ2n) is 8.66. The number of amides is 2. The zero-order valence-electron chi connectivity index (χ0n) is 17.4. The molecular formula is C24H23N3O4. The first-order chi connectivity index (χ1) is 14.9. The fourth-order valence-corrected chi connectivity index (χ4v) is 5.09. The van der Waals surface area contributed by atoms with Gasteiger partial charge in [0.15, 0.2) is 11.5 Å². The number of nitriles is 1.